The minimum Gasteiger partial charge on any atom is -0.366 e. The van der Waals surface area contributed by atoms with Gasteiger partial charge in [-0.15, -0.1) is 0 Å². The normalized spacial score (nSPS) is 11.4. The van der Waals surface area contributed by atoms with Crippen molar-refractivity contribution in [3.8, 4) is 0 Å². The Bertz CT molecular complexity index is 502. The standard InChI is InChI=1S/C11H10N4O/c12-11(16)10(6-9-3-5-14-15-9)8-2-1-4-13-7-8/h1-7H,(H2,12,16)(H,14,15). The van der Waals surface area contributed by atoms with E-state index in [0.717, 1.165) is 5.69 Å². The molecule has 16 heavy (non-hydrogen) atoms. The number of H-pyrrole nitrogens is 1. The van der Waals surface area contributed by atoms with Crippen LogP contribution < -0.4 is 5.73 Å². The molecule has 80 valence electrons. The minimum absolute atomic E-state index is 0.400. The molecule has 3 N–H and O–H groups in total. The van der Waals surface area contributed by atoms with Crippen LogP contribution in [0.3, 0.4) is 0 Å². The first-order valence-electron chi connectivity index (χ1n) is 4.68. The van der Waals surface area contributed by atoms with Gasteiger partial charge in [-0.2, -0.15) is 5.10 Å². The highest BCUT2D eigenvalue weighted by atomic mass is 16.1. The van der Waals surface area contributed by atoms with Crippen LogP contribution in [0.1, 0.15) is 11.3 Å². The van der Waals surface area contributed by atoms with Gasteiger partial charge in [0.1, 0.15) is 0 Å². The highest BCUT2D eigenvalue weighted by Gasteiger charge is 2.08. The molecule has 5 heteroatoms. The molecule has 2 heterocycles. The molecule has 2 aromatic heterocycles. The van der Waals surface area contributed by atoms with Crippen molar-refractivity contribution in [1.82, 2.24) is 15.2 Å². The summed E-state index contributed by atoms with van der Waals surface area (Å²) in [7, 11) is 0. The van der Waals surface area contributed by atoms with Gasteiger partial charge in [-0.3, -0.25) is 14.9 Å². The van der Waals surface area contributed by atoms with E-state index in [1.165, 1.54) is 0 Å². The number of amides is 1. The van der Waals surface area contributed by atoms with Crippen LogP contribution in [-0.4, -0.2) is 21.1 Å². The van der Waals surface area contributed by atoms with Crippen LogP contribution in [0.2, 0.25) is 0 Å². The Morgan fingerprint density at radius 2 is 2.25 bits per heavy atom. The second-order valence-corrected chi connectivity index (χ2v) is 3.18. The lowest BCUT2D eigenvalue weighted by Gasteiger charge is -2.01. The summed E-state index contributed by atoms with van der Waals surface area (Å²) in [5.41, 5.74) is 7.12. The number of aromatic nitrogens is 3. The van der Waals surface area contributed by atoms with E-state index in [-0.39, 0.29) is 0 Å². The van der Waals surface area contributed by atoms with E-state index in [1.54, 1.807) is 42.9 Å². The van der Waals surface area contributed by atoms with E-state index in [4.69, 9.17) is 5.73 Å². The molecule has 0 saturated heterocycles. The van der Waals surface area contributed by atoms with Crippen LogP contribution in [0, 0.1) is 0 Å². The number of rotatable bonds is 3. The molecule has 0 radical (unpaired) electrons. The topological polar surface area (TPSA) is 84.7 Å². The molecule has 2 rings (SSSR count). The number of carbonyl (C=O) groups excluding carboxylic acids is 1. The van der Waals surface area contributed by atoms with Crippen LogP contribution >= 0.6 is 0 Å². The average Bonchev–Trinajstić information content (AvgIpc) is 2.79. The van der Waals surface area contributed by atoms with Crippen molar-refractivity contribution in [2.24, 2.45) is 5.73 Å². The lowest BCUT2D eigenvalue weighted by Crippen LogP contribution is -2.13. The smallest absolute Gasteiger partial charge is 0.249 e. The molecule has 0 aliphatic rings. The van der Waals surface area contributed by atoms with Crippen LogP contribution in [0.4, 0.5) is 0 Å². The Morgan fingerprint density at radius 3 is 2.81 bits per heavy atom. The maximum absolute atomic E-state index is 11.3. The van der Waals surface area contributed by atoms with Gasteiger partial charge in [-0.05, 0) is 18.2 Å². The number of nitrogens with two attached hydrogens (primary N) is 1. The number of hydrogen-bond acceptors (Lipinski definition) is 3. The van der Waals surface area contributed by atoms with E-state index in [1.807, 2.05) is 0 Å². The van der Waals surface area contributed by atoms with Gasteiger partial charge in [0.05, 0.1) is 5.69 Å². The molecule has 0 saturated carbocycles. The summed E-state index contributed by atoms with van der Waals surface area (Å²) in [5.74, 6) is -0.498. The molecule has 0 aliphatic heterocycles. The van der Waals surface area contributed by atoms with Crippen LogP contribution in [0.5, 0.6) is 0 Å². The fraction of sp³-hybridized carbons (Fsp3) is 0. The largest absolute Gasteiger partial charge is 0.366 e. The quantitative estimate of drug-likeness (QED) is 0.742. The van der Waals surface area contributed by atoms with E-state index >= 15 is 0 Å². The Kier molecular flexibility index (Phi) is 2.77. The second kappa shape index (κ2) is 4.39. The number of primary amides is 1. The summed E-state index contributed by atoms with van der Waals surface area (Å²) in [4.78, 5) is 15.3. The maximum Gasteiger partial charge on any atom is 0.249 e. The summed E-state index contributed by atoms with van der Waals surface area (Å²) in [6.07, 6.45) is 6.48. The molecule has 0 unspecified atom stereocenters. The molecule has 0 aromatic carbocycles. The zero-order valence-electron chi connectivity index (χ0n) is 8.42. The molecular weight excluding hydrogens is 204 g/mol. The Labute approximate surface area is 92.0 Å². The van der Waals surface area contributed by atoms with Gasteiger partial charge < -0.3 is 5.73 Å². The van der Waals surface area contributed by atoms with E-state index in [2.05, 4.69) is 15.2 Å². The zero-order valence-corrected chi connectivity index (χ0v) is 8.42. The SMILES string of the molecule is NC(=O)C(=Cc1ccn[nH]1)c1cccnc1. The highest BCUT2D eigenvalue weighted by Crippen LogP contribution is 2.15. The van der Waals surface area contributed by atoms with Crippen LogP contribution in [0.15, 0.2) is 36.8 Å². The molecule has 0 spiro atoms. The van der Waals surface area contributed by atoms with Crippen molar-refractivity contribution < 1.29 is 4.79 Å². The molecule has 2 aromatic rings. The Balaban J connectivity index is 2.43. The van der Waals surface area contributed by atoms with Crippen LogP contribution in [0.25, 0.3) is 11.6 Å². The molecule has 0 fully saturated rings. The number of aromatic amines is 1. The summed E-state index contributed by atoms with van der Waals surface area (Å²) >= 11 is 0. The van der Waals surface area contributed by atoms with Gasteiger partial charge in [0, 0.05) is 29.7 Å². The van der Waals surface area contributed by atoms with E-state index in [0.29, 0.717) is 11.1 Å². The van der Waals surface area contributed by atoms with Crippen molar-refractivity contribution in [2.75, 3.05) is 0 Å². The van der Waals surface area contributed by atoms with Gasteiger partial charge in [0.25, 0.3) is 0 Å². The lowest BCUT2D eigenvalue weighted by atomic mass is 10.1. The van der Waals surface area contributed by atoms with Gasteiger partial charge in [-0.1, -0.05) is 6.07 Å². The average molecular weight is 214 g/mol. The van der Waals surface area contributed by atoms with E-state index in [9.17, 15) is 4.79 Å². The lowest BCUT2D eigenvalue weighted by molar-refractivity contribution is -0.112. The maximum atomic E-state index is 11.3. The third-order valence-corrected chi connectivity index (χ3v) is 2.06. The van der Waals surface area contributed by atoms with Gasteiger partial charge in [0.15, 0.2) is 0 Å². The molecule has 0 aliphatic carbocycles. The monoisotopic (exact) mass is 214 g/mol. The molecule has 0 bridgehead atoms. The predicted molar refractivity (Wildman–Crippen MR) is 59.9 cm³/mol. The fourth-order valence-electron chi connectivity index (χ4n) is 1.32. The first-order valence-corrected chi connectivity index (χ1v) is 4.68. The van der Waals surface area contributed by atoms with E-state index < -0.39 is 5.91 Å². The second-order valence-electron chi connectivity index (χ2n) is 3.18. The summed E-state index contributed by atoms with van der Waals surface area (Å²) in [6.45, 7) is 0. The first kappa shape index (κ1) is 10.1. The number of nitrogens with one attached hydrogen (secondary N) is 1. The summed E-state index contributed by atoms with van der Waals surface area (Å²) < 4.78 is 0. The third-order valence-electron chi connectivity index (χ3n) is 2.06. The molecule has 5 nitrogen and oxygen atoms in total. The number of nitrogens with zero attached hydrogens (tertiary/aromatic N) is 2. The van der Waals surface area contributed by atoms with Gasteiger partial charge in [0.2, 0.25) is 5.91 Å². The van der Waals surface area contributed by atoms with Crippen molar-refractivity contribution in [1.29, 1.82) is 0 Å². The van der Waals surface area contributed by atoms with Gasteiger partial charge >= 0.3 is 0 Å². The summed E-state index contributed by atoms with van der Waals surface area (Å²) in [6, 6.07) is 5.28. The number of carbonyl (C=O) groups is 1. The number of hydrogen-bond donors (Lipinski definition) is 2. The minimum atomic E-state index is -0.498. The highest BCUT2D eigenvalue weighted by molar-refractivity contribution is 6.23. The Morgan fingerprint density at radius 1 is 1.38 bits per heavy atom. The van der Waals surface area contributed by atoms with Crippen molar-refractivity contribution in [3.05, 3.63) is 48.0 Å². The number of pyridine rings is 1. The van der Waals surface area contributed by atoms with Crippen LogP contribution in [-0.2, 0) is 4.79 Å². The molecule has 1 amide bonds. The van der Waals surface area contributed by atoms with Crippen molar-refractivity contribution in [2.45, 2.75) is 0 Å². The molecule has 0 atom stereocenters. The zero-order chi connectivity index (χ0) is 11.4. The fourth-order valence-corrected chi connectivity index (χ4v) is 1.32. The van der Waals surface area contributed by atoms with Crippen molar-refractivity contribution in [3.63, 3.8) is 0 Å². The molecular formula is C11H10N4O. The third kappa shape index (κ3) is 2.14. The van der Waals surface area contributed by atoms with Crippen molar-refractivity contribution >= 4 is 17.6 Å². The predicted octanol–water partition coefficient (Wildman–Crippen LogP) is 0.831. The summed E-state index contributed by atoms with van der Waals surface area (Å²) in [5, 5.41) is 6.53. The Hall–Kier alpha value is -2.43. The first-order chi connectivity index (χ1) is 7.77. The van der Waals surface area contributed by atoms with Gasteiger partial charge in [-0.25, -0.2) is 0 Å².